The first-order chi connectivity index (χ1) is 23.8. The summed E-state index contributed by atoms with van der Waals surface area (Å²) in [7, 11) is 1.06. The van der Waals surface area contributed by atoms with Gasteiger partial charge in [-0.15, -0.1) is 0 Å². The average molecular weight is 733 g/mol. The number of nitrogens with two attached hydrogens (primary N) is 1. The summed E-state index contributed by atoms with van der Waals surface area (Å²) < 4.78 is 26.6. The van der Waals surface area contributed by atoms with Crippen molar-refractivity contribution >= 4 is 41.3 Å². The van der Waals surface area contributed by atoms with Gasteiger partial charge in [-0.05, 0) is 30.5 Å². The van der Waals surface area contributed by atoms with Crippen LogP contribution < -0.4 is 21.7 Å². The molecule has 6 atom stereocenters. The van der Waals surface area contributed by atoms with Gasteiger partial charge in [0.2, 0.25) is 11.8 Å². The van der Waals surface area contributed by atoms with E-state index in [4.69, 9.17) is 41.0 Å². The maximum atomic E-state index is 13.1. The predicted molar refractivity (Wildman–Crippen MR) is 176 cm³/mol. The van der Waals surface area contributed by atoms with E-state index >= 15 is 0 Å². The summed E-state index contributed by atoms with van der Waals surface area (Å²) in [5, 5.41) is 41.4. The topological polar surface area (TPSA) is 254 Å². The molecule has 2 rings (SSSR count). The van der Waals surface area contributed by atoms with Gasteiger partial charge >= 0.3 is 11.9 Å². The second kappa shape index (κ2) is 22.4. The highest BCUT2D eigenvalue weighted by Gasteiger charge is 2.56. The molecule has 1 heterocycles. The summed E-state index contributed by atoms with van der Waals surface area (Å²) >= 11 is 5.88. The molecular weight excluding hydrogens is 684 g/mol. The van der Waals surface area contributed by atoms with Gasteiger partial charge < -0.3 is 60.7 Å². The number of methoxy groups -OCH3 is 1. The fourth-order valence-corrected chi connectivity index (χ4v) is 5.13. The number of aliphatic hydroxyl groups excluding tert-OH is 3. The highest BCUT2D eigenvalue weighted by molar-refractivity contribution is 6.30. The van der Waals surface area contributed by atoms with Crippen LogP contribution in [-0.4, -0.2) is 134 Å². The Labute approximate surface area is 295 Å². The lowest BCUT2D eigenvalue weighted by Crippen LogP contribution is -2.68. The van der Waals surface area contributed by atoms with Gasteiger partial charge in [0, 0.05) is 44.4 Å². The molecule has 0 radical (unpaired) electrons. The number of ether oxygens (including phenoxy) is 5. The van der Waals surface area contributed by atoms with Crippen LogP contribution in [0.5, 0.6) is 0 Å². The maximum absolute atomic E-state index is 13.1. The highest BCUT2D eigenvalue weighted by Crippen LogP contribution is 2.34. The van der Waals surface area contributed by atoms with E-state index < -0.39 is 79.6 Å². The minimum absolute atomic E-state index is 0.0539. The second-order valence-corrected chi connectivity index (χ2v) is 12.0. The van der Waals surface area contributed by atoms with Gasteiger partial charge in [0.05, 0.1) is 51.6 Å². The second-order valence-electron chi connectivity index (χ2n) is 11.5. The van der Waals surface area contributed by atoms with Crippen molar-refractivity contribution in [3.63, 3.8) is 0 Å². The molecule has 1 aromatic carbocycles. The first-order valence-corrected chi connectivity index (χ1v) is 16.6. The van der Waals surface area contributed by atoms with Crippen LogP contribution >= 0.6 is 11.6 Å². The van der Waals surface area contributed by atoms with Crippen LogP contribution in [0.2, 0.25) is 5.02 Å². The van der Waals surface area contributed by atoms with Gasteiger partial charge in [-0.2, -0.15) is 0 Å². The number of benzene rings is 1. The number of amides is 3. The van der Waals surface area contributed by atoms with Crippen molar-refractivity contribution in [2.24, 2.45) is 5.73 Å². The zero-order chi connectivity index (χ0) is 37.1. The maximum Gasteiger partial charge on any atom is 0.366 e. The van der Waals surface area contributed by atoms with Crippen LogP contribution in [0, 0.1) is 0 Å². The highest BCUT2D eigenvalue weighted by atomic mass is 35.5. The lowest BCUT2D eigenvalue weighted by atomic mass is 9.88. The molecule has 8 N–H and O–H groups in total. The van der Waals surface area contributed by atoms with Gasteiger partial charge in [0.25, 0.3) is 11.7 Å². The molecule has 0 aromatic heterocycles. The van der Waals surface area contributed by atoms with E-state index in [1.165, 1.54) is 0 Å². The number of rotatable bonds is 22. The monoisotopic (exact) mass is 732 g/mol. The third-order valence-electron chi connectivity index (χ3n) is 7.53. The lowest BCUT2D eigenvalue weighted by molar-refractivity contribution is -0.311. The van der Waals surface area contributed by atoms with E-state index in [2.05, 4.69) is 16.0 Å². The van der Waals surface area contributed by atoms with E-state index in [0.717, 1.165) is 14.0 Å². The van der Waals surface area contributed by atoms with Gasteiger partial charge in [0.1, 0.15) is 12.2 Å². The molecule has 282 valence electrons. The van der Waals surface area contributed by atoms with E-state index in [9.17, 15) is 39.3 Å². The number of halogens is 1. The van der Waals surface area contributed by atoms with Crippen LogP contribution in [0.25, 0.3) is 0 Å². The van der Waals surface area contributed by atoms with Crippen molar-refractivity contribution in [3.05, 3.63) is 34.9 Å². The summed E-state index contributed by atoms with van der Waals surface area (Å²) in [6.07, 6.45) is -5.91. The quantitative estimate of drug-likeness (QED) is 0.0527. The molecule has 0 spiro atoms. The number of aliphatic hydroxyl groups is 3. The van der Waals surface area contributed by atoms with Crippen LogP contribution in [-0.2, 0) is 54.1 Å². The zero-order valence-electron chi connectivity index (χ0n) is 28.3. The smallest absolute Gasteiger partial charge is 0.366 e. The van der Waals surface area contributed by atoms with Gasteiger partial charge in [-0.25, -0.2) is 4.79 Å². The van der Waals surface area contributed by atoms with Crippen molar-refractivity contribution < 1.29 is 63.0 Å². The SMILES string of the molecule is COC(=O)[C@@]1(OCCCCCC(=O)NCCOCCN)C[C@H](O)[C@@H](NC(=O)COC(C)=O)[C@H]([C@H](O)[C@H](O)CNC(=O)Cc2ccc(Cl)cc2)O1. The number of nitrogens with one attached hydrogen (secondary N) is 3. The molecule has 0 aliphatic carbocycles. The van der Waals surface area contributed by atoms with Crippen molar-refractivity contribution in [1.29, 1.82) is 0 Å². The standard InChI is InChI=1S/C32H49ClN4O13/c1-20(38)48-19-27(43)37-28-23(39)17-32(31(45)46-2,49-13-5-3-4-6-25(41)35-12-15-47-14-11-34)50-30(28)29(44)24(40)18-36-26(42)16-21-7-9-22(33)10-8-21/h7-10,23-24,28-30,39-40,44H,3-6,11-19,34H2,1-2H3,(H,35,41)(H,36,42)(H,37,43)/t23-,24+,28+,29+,30+,32+/m0/s1. The van der Waals surface area contributed by atoms with Crippen LogP contribution in [0.1, 0.15) is 44.6 Å². The predicted octanol–water partition coefficient (Wildman–Crippen LogP) is -1.54. The molecule has 18 heteroatoms. The normalized spacial score (nSPS) is 21.4. The molecule has 1 aliphatic rings. The van der Waals surface area contributed by atoms with Gasteiger partial charge in [-0.3, -0.25) is 19.2 Å². The Balaban J connectivity index is 2.09. The van der Waals surface area contributed by atoms with Crippen molar-refractivity contribution in [2.45, 2.75) is 81.7 Å². The Bertz CT molecular complexity index is 1240. The molecule has 1 saturated heterocycles. The molecule has 17 nitrogen and oxygen atoms in total. The van der Waals surface area contributed by atoms with Crippen LogP contribution in [0.3, 0.4) is 0 Å². The third kappa shape index (κ3) is 14.8. The van der Waals surface area contributed by atoms with E-state index in [1.54, 1.807) is 24.3 Å². The first kappa shape index (κ1) is 42.7. The van der Waals surface area contributed by atoms with E-state index in [-0.39, 0.29) is 25.4 Å². The molecular formula is C32H49ClN4O13. The molecule has 1 aliphatic heterocycles. The fourth-order valence-electron chi connectivity index (χ4n) is 5.00. The van der Waals surface area contributed by atoms with Crippen LogP contribution in [0.4, 0.5) is 0 Å². The van der Waals surface area contributed by atoms with E-state index in [1.807, 2.05) is 0 Å². The van der Waals surface area contributed by atoms with Gasteiger partial charge in [0.15, 0.2) is 6.61 Å². The lowest BCUT2D eigenvalue weighted by Gasteiger charge is -2.47. The van der Waals surface area contributed by atoms with Crippen molar-refractivity contribution in [1.82, 2.24) is 16.0 Å². The molecule has 3 amide bonds. The van der Waals surface area contributed by atoms with Crippen LogP contribution in [0.15, 0.2) is 24.3 Å². The zero-order valence-corrected chi connectivity index (χ0v) is 29.0. The minimum Gasteiger partial charge on any atom is -0.465 e. The minimum atomic E-state index is -2.27. The number of esters is 2. The Hall–Kier alpha value is -3.42. The summed E-state index contributed by atoms with van der Waals surface area (Å²) in [5.74, 6) is -5.58. The Morgan fingerprint density at radius 2 is 1.74 bits per heavy atom. The molecule has 1 fully saturated rings. The molecule has 50 heavy (non-hydrogen) atoms. The first-order valence-electron chi connectivity index (χ1n) is 16.2. The molecule has 0 saturated carbocycles. The summed E-state index contributed by atoms with van der Waals surface area (Å²) in [6, 6.07) is 5.10. The largest absolute Gasteiger partial charge is 0.465 e. The van der Waals surface area contributed by atoms with Crippen molar-refractivity contribution in [3.8, 4) is 0 Å². The van der Waals surface area contributed by atoms with Gasteiger partial charge in [-0.1, -0.05) is 30.2 Å². The number of hydrogen-bond donors (Lipinski definition) is 7. The Kier molecular flexibility index (Phi) is 19.2. The number of unbranched alkanes of at least 4 members (excludes halogenated alkanes) is 2. The number of hydrogen-bond acceptors (Lipinski definition) is 14. The fraction of sp³-hybridized carbons (Fsp3) is 0.656. The molecule has 0 bridgehead atoms. The molecule has 1 aromatic rings. The summed E-state index contributed by atoms with van der Waals surface area (Å²) in [4.78, 5) is 61.4. The average Bonchev–Trinajstić information content (AvgIpc) is 3.08. The third-order valence-corrected chi connectivity index (χ3v) is 7.79. The Morgan fingerprint density at radius 1 is 1.02 bits per heavy atom. The summed E-state index contributed by atoms with van der Waals surface area (Å²) in [6.45, 7) is 1.30. The number of carbonyl (C=O) groups is 5. The Morgan fingerprint density at radius 3 is 2.40 bits per heavy atom. The number of carbonyl (C=O) groups excluding carboxylic acids is 5. The molecule has 0 unspecified atom stereocenters. The van der Waals surface area contributed by atoms with Crippen molar-refractivity contribution in [2.75, 3.05) is 53.2 Å². The summed E-state index contributed by atoms with van der Waals surface area (Å²) in [5.41, 5.74) is 5.99. The van der Waals surface area contributed by atoms with E-state index in [0.29, 0.717) is 56.2 Å².